The van der Waals surface area contributed by atoms with E-state index in [0.717, 1.165) is 11.3 Å². The van der Waals surface area contributed by atoms with Gasteiger partial charge in [0, 0.05) is 37.3 Å². The maximum absolute atomic E-state index is 13.1. The lowest BCUT2D eigenvalue weighted by Gasteiger charge is -2.34. The second kappa shape index (κ2) is 10.8. The Hall–Kier alpha value is -3.30. The molecular formula is C24H27ClN4O5. The minimum Gasteiger partial charge on any atom is -0.497 e. The van der Waals surface area contributed by atoms with Crippen LogP contribution in [0, 0.1) is 0 Å². The summed E-state index contributed by atoms with van der Waals surface area (Å²) < 4.78 is 21.5. The van der Waals surface area contributed by atoms with Gasteiger partial charge in [-0.15, -0.1) is 0 Å². The van der Waals surface area contributed by atoms with Crippen molar-refractivity contribution < 1.29 is 23.5 Å². The minimum atomic E-state index is -0.0949. The number of methoxy groups -OCH3 is 2. The van der Waals surface area contributed by atoms with Crippen molar-refractivity contribution in [2.45, 2.75) is 13.5 Å². The summed E-state index contributed by atoms with van der Waals surface area (Å²) in [7, 11) is 3.15. The fourth-order valence-corrected chi connectivity index (χ4v) is 4.05. The Morgan fingerprint density at radius 1 is 1.09 bits per heavy atom. The summed E-state index contributed by atoms with van der Waals surface area (Å²) in [5.74, 6) is 2.64. The Morgan fingerprint density at radius 3 is 2.47 bits per heavy atom. The average Bonchev–Trinajstić information content (AvgIpc) is 3.33. The Labute approximate surface area is 203 Å². The predicted octanol–water partition coefficient (Wildman–Crippen LogP) is 3.76. The third-order valence-corrected chi connectivity index (χ3v) is 5.88. The number of hydrogen-bond acceptors (Lipinski definition) is 8. The van der Waals surface area contributed by atoms with Crippen molar-refractivity contribution >= 4 is 17.5 Å². The quantitative estimate of drug-likeness (QED) is 0.475. The molecule has 3 aromatic rings. The molecule has 180 valence electrons. The van der Waals surface area contributed by atoms with E-state index in [1.54, 1.807) is 24.1 Å². The second-order valence-corrected chi connectivity index (χ2v) is 8.14. The molecule has 1 fully saturated rings. The van der Waals surface area contributed by atoms with E-state index < -0.39 is 0 Å². The molecule has 34 heavy (non-hydrogen) atoms. The molecule has 1 aliphatic heterocycles. The summed E-state index contributed by atoms with van der Waals surface area (Å²) in [6.45, 7) is 5.36. The Kier molecular flexibility index (Phi) is 7.54. The van der Waals surface area contributed by atoms with Crippen LogP contribution in [0.2, 0.25) is 5.02 Å². The highest BCUT2D eigenvalue weighted by molar-refractivity contribution is 6.32. The molecular weight excluding hydrogens is 460 g/mol. The average molecular weight is 487 g/mol. The molecule has 2 aromatic carbocycles. The van der Waals surface area contributed by atoms with Crippen molar-refractivity contribution in [2.75, 3.05) is 47.0 Å². The number of piperazine rings is 1. The van der Waals surface area contributed by atoms with E-state index >= 15 is 0 Å². The first-order chi connectivity index (χ1) is 16.5. The number of amides is 1. The van der Waals surface area contributed by atoms with Gasteiger partial charge in [-0.2, -0.15) is 4.98 Å². The molecule has 1 saturated heterocycles. The Balaban J connectivity index is 1.35. The molecule has 0 atom stereocenters. The van der Waals surface area contributed by atoms with Crippen LogP contribution in [0.4, 0.5) is 0 Å². The van der Waals surface area contributed by atoms with Gasteiger partial charge in [-0.3, -0.25) is 9.69 Å². The molecule has 0 spiro atoms. The van der Waals surface area contributed by atoms with E-state index in [-0.39, 0.29) is 5.91 Å². The number of aromatic nitrogens is 2. The van der Waals surface area contributed by atoms with E-state index in [9.17, 15) is 4.79 Å². The molecule has 0 unspecified atom stereocenters. The highest BCUT2D eigenvalue weighted by Gasteiger charge is 2.25. The van der Waals surface area contributed by atoms with Crippen LogP contribution in [0.5, 0.6) is 17.2 Å². The molecule has 2 heterocycles. The first kappa shape index (κ1) is 23.8. The number of halogens is 1. The van der Waals surface area contributed by atoms with Gasteiger partial charge in [0.1, 0.15) is 5.75 Å². The summed E-state index contributed by atoms with van der Waals surface area (Å²) in [5.41, 5.74) is 1.33. The lowest BCUT2D eigenvalue weighted by atomic mass is 10.1. The van der Waals surface area contributed by atoms with Gasteiger partial charge in [0.05, 0.1) is 32.4 Å². The van der Waals surface area contributed by atoms with Crippen molar-refractivity contribution in [3.05, 3.63) is 52.9 Å². The maximum atomic E-state index is 13.1. The fourth-order valence-electron chi connectivity index (χ4n) is 3.79. The van der Waals surface area contributed by atoms with Gasteiger partial charge in [0.15, 0.2) is 11.5 Å². The zero-order valence-electron chi connectivity index (χ0n) is 19.4. The number of benzene rings is 2. The van der Waals surface area contributed by atoms with Crippen molar-refractivity contribution in [1.29, 1.82) is 0 Å². The van der Waals surface area contributed by atoms with Crippen molar-refractivity contribution in [3.63, 3.8) is 0 Å². The number of carbonyl (C=O) groups excluding carboxylic acids is 1. The van der Waals surface area contributed by atoms with Crippen molar-refractivity contribution in [3.8, 4) is 28.6 Å². The normalized spacial score (nSPS) is 14.2. The van der Waals surface area contributed by atoms with Crippen LogP contribution in [0.3, 0.4) is 0 Å². The highest BCUT2D eigenvalue weighted by atomic mass is 35.5. The lowest BCUT2D eigenvalue weighted by molar-refractivity contribution is 0.0614. The summed E-state index contributed by atoms with van der Waals surface area (Å²) in [5, 5.41) is 4.44. The van der Waals surface area contributed by atoms with Crippen LogP contribution >= 0.6 is 11.6 Å². The molecule has 0 radical (unpaired) electrons. The van der Waals surface area contributed by atoms with Crippen molar-refractivity contribution in [2.24, 2.45) is 0 Å². The van der Waals surface area contributed by atoms with E-state index in [0.29, 0.717) is 73.1 Å². The molecule has 1 aliphatic rings. The van der Waals surface area contributed by atoms with Gasteiger partial charge in [-0.1, -0.05) is 16.8 Å². The van der Waals surface area contributed by atoms with E-state index in [2.05, 4.69) is 15.0 Å². The highest BCUT2D eigenvalue weighted by Crippen LogP contribution is 2.36. The molecule has 10 heteroatoms. The molecule has 1 amide bonds. The summed E-state index contributed by atoms with van der Waals surface area (Å²) in [6.07, 6.45) is 0. The third-order valence-electron chi connectivity index (χ3n) is 5.60. The third kappa shape index (κ3) is 5.26. The van der Waals surface area contributed by atoms with Crippen LogP contribution in [0.1, 0.15) is 23.2 Å². The summed E-state index contributed by atoms with van der Waals surface area (Å²) in [4.78, 5) is 21.6. The number of carbonyl (C=O) groups is 1. The van der Waals surface area contributed by atoms with Crippen LogP contribution in [-0.4, -0.2) is 72.9 Å². The predicted molar refractivity (Wildman–Crippen MR) is 127 cm³/mol. The SMILES string of the molecule is CCOc1c(Cl)cc(C(=O)N2CCN(Cc3nc(-c4ccc(OC)cc4)no3)CC2)cc1OC. The molecule has 1 aromatic heterocycles. The Morgan fingerprint density at radius 2 is 1.82 bits per heavy atom. The first-order valence-corrected chi connectivity index (χ1v) is 11.4. The zero-order chi connectivity index (χ0) is 24.1. The molecule has 9 nitrogen and oxygen atoms in total. The number of nitrogens with zero attached hydrogens (tertiary/aromatic N) is 4. The van der Waals surface area contributed by atoms with E-state index in [4.69, 9.17) is 30.3 Å². The first-order valence-electron chi connectivity index (χ1n) is 11.0. The van der Waals surface area contributed by atoms with Gasteiger partial charge in [0.2, 0.25) is 11.7 Å². The summed E-state index contributed by atoms with van der Waals surface area (Å²) >= 11 is 6.34. The molecule has 0 saturated carbocycles. The van der Waals surface area contributed by atoms with E-state index in [1.807, 2.05) is 31.2 Å². The van der Waals surface area contributed by atoms with Crippen molar-refractivity contribution in [1.82, 2.24) is 19.9 Å². The molecule has 0 bridgehead atoms. The molecule has 0 N–H and O–H groups in total. The minimum absolute atomic E-state index is 0.0949. The van der Waals surface area contributed by atoms with Gasteiger partial charge in [-0.25, -0.2) is 0 Å². The zero-order valence-corrected chi connectivity index (χ0v) is 20.2. The van der Waals surface area contributed by atoms with Crippen LogP contribution in [0.15, 0.2) is 40.9 Å². The number of rotatable bonds is 8. The van der Waals surface area contributed by atoms with Crippen LogP contribution < -0.4 is 14.2 Å². The van der Waals surface area contributed by atoms with Gasteiger partial charge in [-0.05, 0) is 43.3 Å². The summed E-state index contributed by atoms with van der Waals surface area (Å²) in [6, 6.07) is 10.8. The smallest absolute Gasteiger partial charge is 0.254 e. The largest absolute Gasteiger partial charge is 0.497 e. The number of ether oxygens (including phenoxy) is 3. The topological polar surface area (TPSA) is 90.2 Å². The lowest BCUT2D eigenvalue weighted by Crippen LogP contribution is -2.48. The monoisotopic (exact) mass is 486 g/mol. The maximum Gasteiger partial charge on any atom is 0.254 e. The fraction of sp³-hybridized carbons (Fsp3) is 0.375. The molecule has 4 rings (SSSR count). The van der Waals surface area contributed by atoms with Crippen LogP contribution in [0.25, 0.3) is 11.4 Å². The standard InChI is InChI=1S/C24H27ClN4O5/c1-4-33-22-19(25)13-17(14-20(22)32-3)24(30)29-11-9-28(10-12-29)15-21-26-23(27-34-21)16-5-7-18(31-2)8-6-16/h5-8,13-14H,4,9-12,15H2,1-3H3. The van der Waals surface area contributed by atoms with Gasteiger partial charge in [0.25, 0.3) is 5.91 Å². The number of hydrogen-bond donors (Lipinski definition) is 0. The molecule has 0 aliphatic carbocycles. The van der Waals surface area contributed by atoms with E-state index in [1.165, 1.54) is 7.11 Å². The van der Waals surface area contributed by atoms with Gasteiger partial charge < -0.3 is 23.6 Å². The Bertz CT molecular complexity index is 1130. The van der Waals surface area contributed by atoms with Crippen LogP contribution in [-0.2, 0) is 6.54 Å². The second-order valence-electron chi connectivity index (χ2n) is 7.73. The van der Waals surface area contributed by atoms with Gasteiger partial charge >= 0.3 is 0 Å².